The second-order valence-electron chi connectivity index (χ2n) is 5.76. The van der Waals surface area contributed by atoms with Crippen LogP contribution in [0.15, 0.2) is 72.8 Å². The summed E-state index contributed by atoms with van der Waals surface area (Å²) in [4.78, 5) is 23.6. The molecule has 0 heterocycles. The van der Waals surface area contributed by atoms with E-state index in [1.807, 2.05) is 36.4 Å². The maximum atomic E-state index is 12.3. The largest absolute Gasteiger partial charge is 0.485 e. The molecule has 0 aliphatic heterocycles. The van der Waals surface area contributed by atoms with Crippen LogP contribution in [0, 0.1) is 0 Å². The quantitative estimate of drug-likeness (QED) is 0.377. The molecule has 5 nitrogen and oxygen atoms in total. The van der Waals surface area contributed by atoms with Crippen LogP contribution >= 0.6 is 11.6 Å². The molecule has 0 radical (unpaired) electrons. The molecule has 0 aliphatic rings. The van der Waals surface area contributed by atoms with E-state index in [2.05, 4.69) is 0 Å². The first-order valence-corrected chi connectivity index (χ1v) is 8.51. The molecule has 6 heteroatoms. The summed E-state index contributed by atoms with van der Waals surface area (Å²) in [5, 5.41) is 9.26. The highest BCUT2D eigenvalue weighted by atomic mass is 35.5. The molecular formula is C21H16ClNO4. The van der Waals surface area contributed by atoms with Crippen molar-refractivity contribution in [3.05, 3.63) is 88.9 Å². The molecule has 0 bridgehead atoms. The molecule has 3 aromatic carbocycles. The highest BCUT2D eigenvalue weighted by Crippen LogP contribution is 2.22. The summed E-state index contributed by atoms with van der Waals surface area (Å²) in [6.45, 7) is -0.119. The van der Waals surface area contributed by atoms with Gasteiger partial charge in [0.1, 0.15) is 5.75 Å². The van der Waals surface area contributed by atoms with Crippen LogP contribution in [0.1, 0.15) is 20.7 Å². The van der Waals surface area contributed by atoms with E-state index < -0.39 is 5.91 Å². The third kappa shape index (κ3) is 4.73. The van der Waals surface area contributed by atoms with Gasteiger partial charge in [0.2, 0.25) is 0 Å². The zero-order valence-corrected chi connectivity index (χ0v) is 14.9. The van der Waals surface area contributed by atoms with Crippen molar-refractivity contribution >= 4 is 23.3 Å². The molecule has 0 fully saturated rings. The van der Waals surface area contributed by atoms with Crippen molar-refractivity contribution in [3.63, 3.8) is 0 Å². The highest BCUT2D eigenvalue weighted by Gasteiger charge is 2.09. The van der Waals surface area contributed by atoms with E-state index in [1.54, 1.807) is 29.7 Å². The SMILES string of the molecule is O=C(COc1ccc(C(=O)NO)cc1)c1ccc(-c2ccc(Cl)cc2)cc1. The van der Waals surface area contributed by atoms with Crippen LogP contribution in [0.5, 0.6) is 5.75 Å². The van der Waals surface area contributed by atoms with Gasteiger partial charge >= 0.3 is 0 Å². The third-order valence-electron chi connectivity index (χ3n) is 3.97. The molecule has 0 aliphatic carbocycles. The van der Waals surface area contributed by atoms with Gasteiger partial charge in [0.05, 0.1) is 0 Å². The topological polar surface area (TPSA) is 75.6 Å². The fourth-order valence-corrected chi connectivity index (χ4v) is 2.62. The Hall–Kier alpha value is -3.15. The Morgan fingerprint density at radius 3 is 1.89 bits per heavy atom. The summed E-state index contributed by atoms with van der Waals surface area (Å²) < 4.78 is 5.46. The van der Waals surface area contributed by atoms with E-state index in [1.165, 1.54) is 12.1 Å². The van der Waals surface area contributed by atoms with Gasteiger partial charge in [-0.25, -0.2) is 5.48 Å². The zero-order chi connectivity index (χ0) is 19.2. The van der Waals surface area contributed by atoms with E-state index in [4.69, 9.17) is 21.5 Å². The predicted octanol–water partition coefficient (Wildman–Crippen LogP) is 4.39. The van der Waals surface area contributed by atoms with Crippen molar-refractivity contribution < 1.29 is 19.5 Å². The molecule has 2 N–H and O–H groups in total. The number of carbonyl (C=O) groups is 2. The standard InChI is InChI=1S/C21H16ClNO4/c22-18-9-5-15(6-10-18)14-1-3-16(4-2-14)20(24)13-27-19-11-7-17(8-12-19)21(25)23-26/h1-12,26H,13H2,(H,23,25). The summed E-state index contributed by atoms with van der Waals surface area (Å²) in [5.74, 6) is -0.316. The maximum Gasteiger partial charge on any atom is 0.274 e. The molecule has 3 aromatic rings. The Labute approximate surface area is 161 Å². The van der Waals surface area contributed by atoms with E-state index >= 15 is 0 Å². The third-order valence-corrected chi connectivity index (χ3v) is 4.22. The Bertz CT molecular complexity index is 935. The molecule has 0 aromatic heterocycles. The number of amides is 1. The minimum Gasteiger partial charge on any atom is -0.485 e. The van der Waals surface area contributed by atoms with Crippen molar-refractivity contribution in [2.75, 3.05) is 6.61 Å². The van der Waals surface area contributed by atoms with Crippen molar-refractivity contribution in [1.82, 2.24) is 5.48 Å². The lowest BCUT2D eigenvalue weighted by Crippen LogP contribution is -2.18. The van der Waals surface area contributed by atoms with Gasteiger partial charge in [-0.2, -0.15) is 0 Å². The number of hydrogen-bond acceptors (Lipinski definition) is 4. The number of nitrogens with one attached hydrogen (secondary N) is 1. The Balaban J connectivity index is 1.61. The van der Waals surface area contributed by atoms with Gasteiger partial charge < -0.3 is 4.74 Å². The minimum absolute atomic E-state index is 0.119. The first-order chi connectivity index (χ1) is 13.1. The number of rotatable bonds is 6. The smallest absolute Gasteiger partial charge is 0.274 e. The molecule has 0 saturated heterocycles. The van der Waals surface area contributed by atoms with Crippen LogP contribution in [0.25, 0.3) is 11.1 Å². The Morgan fingerprint density at radius 2 is 1.33 bits per heavy atom. The molecule has 136 valence electrons. The minimum atomic E-state index is -0.613. The van der Waals surface area contributed by atoms with Crippen LogP contribution in [0.4, 0.5) is 0 Å². The molecule has 0 unspecified atom stereocenters. The van der Waals surface area contributed by atoms with Crippen molar-refractivity contribution in [3.8, 4) is 16.9 Å². The van der Waals surface area contributed by atoms with Crippen molar-refractivity contribution in [2.24, 2.45) is 0 Å². The van der Waals surface area contributed by atoms with Crippen molar-refractivity contribution in [1.29, 1.82) is 0 Å². The second kappa shape index (κ2) is 8.49. The summed E-state index contributed by atoms with van der Waals surface area (Å²) >= 11 is 5.89. The molecule has 0 saturated carbocycles. The molecule has 27 heavy (non-hydrogen) atoms. The number of halogens is 1. The molecule has 3 rings (SSSR count). The Morgan fingerprint density at radius 1 is 0.815 bits per heavy atom. The average Bonchev–Trinajstić information content (AvgIpc) is 2.72. The molecule has 1 amide bonds. The van der Waals surface area contributed by atoms with Crippen LogP contribution in [-0.2, 0) is 0 Å². The first kappa shape index (κ1) is 18.6. The van der Waals surface area contributed by atoms with Gasteiger partial charge in [0, 0.05) is 16.1 Å². The number of hydroxylamine groups is 1. The second-order valence-corrected chi connectivity index (χ2v) is 6.20. The molecule has 0 spiro atoms. The first-order valence-electron chi connectivity index (χ1n) is 8.13. The summed E-state index contributed by atoms with van der Waals surface area (Å²) in [7, 11) is 0. The molecule has 0 atom stereocenters. The fourth-order valence-electron chi connectivity index (χ4n) is 2.49. The number of benzene rings is 3. The van der Waals surface area contributed by atoms with Crippen LogP contribution in [-0.4, -0.2) is 23.5 Å². The van der Waals surface area contributed by atoms with Gasteiger partial charge in [-0.1, -0.05) is 48.0 Å². The van der Waals surface area contributed by atoms with Gasteiger partial charge in [-0.3, -0.25) is 14.8 Å². The van der Waals surface area contributed by atoms with E-state index in [9.17, 15) is 9.59 Å². The Kier molecular flexibility index (Phi) is 5.86. The molecular weight excluding hydrogens is 366 g/mol. The normalized spacial score (nSPS) is 10.3. The van der Waals surface area contributed by atoms with Crippen LogP contribution < -0.4 is 10.2 Å². The lowest BCUT2D eigenvalue weighted by atomic mass is 10.0. The lowest BCUT2D eigenvalue weighted by molar-refractivity contribution is 0.0706. The maximum absolute atomic E-state index is 12.3. The number of carbonyl (C=O) groups excluding carboxylic acids is 2. The summed E-state index contributed by atoms with van der Waals surface area (Å²) in [5.41, 5.74) is 4.39. The van der Waals surface area contributed by atoms with E-state index in [0.29, 0.717) is 16.3 Å². The summed E-state index contributed by atoms with van der Waals surface area (Å²) in [6.07, 6.45) is 0. The summed E-state index contributed by atoms with van der Waals surface area (Å²) in [6, 6.07) is 20.8. The van der Waals surface area contributed by atoms with Gasteiger partial charge in [0.15, 0.2) is 12.4 Å². The fraction of sp³-hybridized carbons (Fsp3) is 0.0476. The lowest BCUT2D eigenvalue weighted by Gasteiger charge is -2.07. The highest BCUT2D eigenvalue weighted by molar-refractivity contribution is 6.30. The average molecular weight is 382 g/mol. The van der Waals surface area contributed by atoms with Gasteiger partial charge in [-0.15, -0.1) is 0 Å². The predicted molar refractivity (Wildman–Crippen MR) is 102 cm³/mol. The van der Waals surface area contributed by atoms with Crippen LogP contribution in [0.2, 0.25) is 5.02 Å². The number of hydrogen-bond donors (Lipinski definition) is 2. The zero-order valence-electron chi connectivity index (χ0n) is 14.2. The number of Topliss-reactive ketones (excluding diaryl/α,β-unsaturated/α-hetero) is 1. The van der Waals surface area contributed by atoms with E-state index in [-0.39, 0.29) is 18.0 Å². The van der Waals surface area contributed by atoms with Crippen LogP contribution in [0.3, 0.4) is 0 Å². The van der Waals surface area contributed by atoms with Crippen molar-refractivity contribution in [2.45, 2.75) is 0 Å². The number of ketones is 1. The van der Waals surface area contributed by atoms with Gasteiger partial charge in [0.25, 0.3) is 5.91 Å². The van der Waals surface area contributed by atoms with Gasteiger partial charge in [-0.05, 0) is 47.5 Å². The number of ether oxygens (including phenoxy) is 1. The van der Waals surface area contributed by atoms with E-state index in [0.717, 1.165) is 11.1 Å². The monoisotopic (exact) mass is 381 g/mol.